The van der Waals surface area contributed by atoms with Gasteiger partial charge in [0.2, 0.25) is 0 Å². The van der Waals surface area contributed by atoms with Crippen molar-refractivity contribution in [1.29, 1.82) is 0 Å². The van der Waals surface area contributed by atoms with E-state index in [2.05, 4.69) is 9.88 Å². The van der Waals surface area contributed by atoms with Gasteiger partial charge in [-0.3, -0.25) is 0 Å². The third-order valence-electron chi connectivity index (χ3n) is 4.44. The summed E-state index contributed by atoms with van der Waals surface area (Å²) in [7, 11) is -3.60. The van der Waals surface area contributed by atoms with Gasteiger partial charge in [0, 0.05) is 19.3 Å². The van der Waals surface area contributed by atoms with Crippen molar-refractivity contribution < 1.29 is 8.42 Å². The number of hydrogen-bond acceptors (Lipinski definition) is 4. The maximum Gasteiger partial charge on any atom is 0.266 e. The molecule has 1 fully saturated rings. The number of aromatic nitrogens is 1. The summed E-state index contributed by atoms with van der Waals surface area (Å²) >= 11 is 0. The van der Waals surface area contributed by atoms with Gasteiger partial charge in [-0.25, -0.2) is 17.7 Å². The maximum absolute atomic E-state index is 13.2. The predicted octanol–water partition coefficient (Wildman–Crippen LogP) is 2.18. The highest BCUT2D eigenvalue weighted by atomic mass is 32.2. The first-order valence-electron chi connectivity index (χ1n) is 7.39. The zero-order valence-corrected chi connectivity index (χ0v) is 13.1. The minimum atomic E-state index is -3.60. The van der Waals surface area contributed by atoms with E-state index < -0.39 is 10.0 Å². The number of benzene rings is 1. The number of nitrogens with zero attached hydrogens (tertiary/aromatic N) is 3. The Labute approximate surface area is 130 Å². The molecular weight excluding hydrogens is 298 g/mol. The van der Waals surface area contributed by atoms with Crippen molar-refractivity contribution in [2.45, 2.75) is 24.3 Å². The lowest BCUT2D eigenvalue weighted by atomic mass is 10.2. The van der Waals surface area contributed by atoms with Crippen molar-refractivity contribution in [3.8, 4) is 0 Å². The van der Waals surface area contributed by atoms with Gasteiger partial charge in [0.15, 0.2) is 5.82 Å². The second-order valence-electron chi connectivity index (χ2n) is 5.80. The summed E-state index contributed by atoms with van der Waals surface area (Å²) in [6.07, 6.45) is 2.49. The number of hydrogen-bond donors (Lipinski definition) is 0. The molecule has 2 aliphatic heterocycles. The SMILES string of the molecule is Cc1ccccc1S(=O)(=O)N1c2ncccc2N2CCC1C2. The van der Waals surface area contributed by atoms with Gasteiger partial charge < -0.3 is 4.90 Å². The number of aryl methyl sites for hydroxylation is 1. The van der Waals surface area contributed by atoms with E-state index >= 15 is 0 Å². The molecule has 4 rings (SSSR count). The average Bonchev–Trinajstić information content (AvgIpc) is 2.92. The molecule has 0 spiro atoms. The molecular formula is C16H17N3O2S. The molecule has 2 aliphatic rings. The highest BCUT2D eigenvalue weighted by Gasteiger charge is 2.43. The lowest BCUT2D eigenvalue weighted by Gasteiger charge is -2.36. The topological polar surface area (TPSA) is 53.5 Å². The Hall–Kier alpha value is -2.08. The first-order chi connectivity index (χ1) is 10.6. The third kappa shape index (κ3) is 1.83. The van der Waals surface area contributed by atoms with Crippen LogP contribution in [0.25, 0.3) is 0 Å². The second kappa shape index (κ2) is 4.71. The number of pyridine rings is 1. The first-order valence-corrected chi connectivity index (χ1v) is 8.83. The lowest BCUT2D eigenvalue weighted by molar-refractivity contribution is 0.576. The normalized spacial score (nSPS) is 20.1. The van der Waals surface area contributed by atoms with Gasteiger partial charge in [-0.1, -0.05) is 18.2 Å². The fourth-order valence-corrected chi connectivity index (χ4v) is 5.26. The molecule has 3 heterocycles. The van der Waals surface area contributed by atoms with Crippen LogP contribution in [-0.4, -0.2) is 32.5 Å². The van der Waals surface area contributed by atoms with Crippen molar-refractivity contribution in [2.75, 3.05) is 22.3 Å². The van der Waals surface area contributed by atoms with Crippen molar-refractivity contribution in [3.05, 3.63) is 48.2 Å². The van der Waals surface area contributed by atoms with Gasteiger partial charge in [0.1, 0.15) is 0 Å². The van der Waals surface area contributed by atoms with E-state index in [-0.39, 0.29) is 6.04 Å². The van der Waals surface area contributed by atoms with Gasteiger partial charge in [0.25, 0.3) is 10.0 Å². The zero-order chi connectivity index (χ0) is 15.3. The van der Waals surface area contributed by atoms with Crippen LogP contribution in [0.4, 0.5) is 11.5 Å². The van der Waals surface area contributed by atoms with E-state index in [0.717, 1.165) is 30.8 Å². The van der Waals surface area contributed by atoms with Gasteiger partial charge in [-0.2, -0.15) is 0 Å². The number of anilines is 2. The summed E-state index contributed by atoms with van der Waals surface area (Å²) in [5, 5.41) is 0. The predicted molar refractivity (Wildman–Crippen MR) is 85.7 cm³/mol. The van der Waals surface area contributed by atoms with Crippen LogP contribution < -0.4 is 9.21 Å². The smallest absolute Gasteiger partial charge is 0.266 e. The van der Waals surface area contributed by atoms with Crippen LogP contribution >= 0.6 is 0 Å². The van der Waals surface area contributed by atoms with Crippen molar-refractivity contribution in [3.63, 3.8) is 0 Å². The molecule has 6 heteroatoms. The van der Waals surface area contributed by atoms with Crippen LogP contribution in [0.2, 0.25) is 0 Å². The minimum absolute atomic E-state index is 0.0352. The zero-order valence-electron chi connectivity index (χ0n) is 12.3. The van der Waals surface area contributed by atoms with Crippen LogP contribution in [0.1, 0.15) is 12.0 Å². The molecule has 2 bridgehead atoms. The van der Waals surface area contributed by atoms with Crippen LogP contribution in [0.15, 0.2) is 47.5 Å². The van der Waals surface area contributed by atoms with Gasteiger partial charge in [-0.05, 0) is 37.1 Å². The van der Waals surface area contributed by atoms with Gasteiger partial charge >= 0.3 is 0 Å². The Bertz CT molecular complexity index is 835. The fourth-order valence-electron chi connectivity index (χ4n) is 3.39. The van der Waals surface area contributed by atoms with E-state index in [1.54, 1.807) is 18.3 Å². The summed E-state index contributed by atoms with van der Waals surface area (Å²) in [5.74, 6) is 0.555. The minimum Gasteiger partial charge on any atom is -0.366 e. The van der Waals surface area contributed by atoms with Crippen LogP contribution in [-0.2, 0) is 10.0 Å². The highest BCUT2D eigenvalue weighted by molar-refractivity contribution is 7.93. The summed E-state index contributed by atoms with van der Waals surface area (Å²) in [6.45, 7) is 3.45. The number of sulfonamides is 1. The molecule has 1 aromatic heterocycles. The standard InChI is InChI=1S/C16H17N3O2S/c1-12-5-2-3-7-15(12)22(20,21)19-13-8-10-18(11-13)14-6-4-9-17-16(14)19/h2-7,9,13H,8,10-11H2,1H3. The Balaban J connectivity index is 1.91. The Morgan fingerprint density at radius 3 is 2.82 bits per heavy atom. The molecule has 0 saturated carbocycles. The Morgan fingerprint density at radius 2 is 2.00 bits per heavy atom. The average molecular weight is 315 g/mol. The molecule has 22 heavy (non-hydrogen) atoms. The Kier molecular flexibility index (Phi) is 2.91. The van der Waals surface area contributed by atoms with Crippen molar-refractivity contribution in [1.82, 2.24) is 4.98 Å². The van der Waals surface area contributed by atoms with E-state index in [1.807, 2.05) is 31.2 Å². The van der Waals surface area contributed by atoms with Crippen molar-refractivity contribution in [2.24, 2.45) is 0 Å². The van der Waals surface area contributed by atoms with E-state index in [4.69, 9.17) is 0 Å². The van der Waals surface area contributed by atoms with Crippen LogP contribution in [0.5, 0.6) is 0 Å². The molecule has 1 saturated heterocycles. The quantitative estimate of drug-likeness (QED) is 0.852. The monoisotopic (exact) mass is 315 g/mol. The van der Waals surface area contributed by atoms with Gasteiger partial charge in [0.05, 0.1) is 16.6 Å². The van der Waals surface area contributed by atoms with Crippen LogP contribution in [0, 0.1) is 6.92 Å². The molecule has 0 aliphatic carbocycles. The molecule has 1 aromatic carbocycles. The Morgan fingerprint density at radius 1 is 1.18 bits per heavy atom. The van der Waals surface area contributed by atoms with E-state index in [9.17, 15) is 8.42 Å². The highest BCUT2D eigenvalue weighted by Crippen LogP contribution is 2.41. The largest absolute Gasteiger partial charge is 0.366 e. The fraction of sp³-hybridized carbons (Fsp3) is 0.312. The first kappa shape index (κ1) is 13.6. The van der Waals surface area contributed by atoms with Crippen molar-refractivity contribution >= 4 is 21.5 Å². The molecule has 1 unspecified atom stereocenters. The second-order valence-corrected chi connectivity index (χ2v) is 7.58. The molecule has 2 aromatic rings. The van der Waals surface area contributed by atoms with Gasteiger partial charge in [-0.15, -0.1) is 0 Å². The summed E-state index contributed by atoms with van der Waals surface area (Å²) in [5.41, 5.74) is 1.67. The summed E-state index contributed by atoms with van der Waals surface area (Å²) in [6, 6.07) is 10.9. The third-order valence-corrected chi connectivity index (χ3v) is 6.44. The lowest BCUT2D eigenvalue weighted by Crippen LogP contribution is -2.46. The summed E-state index contributed by atoms with van der Waals surface area (Å²) < 4.78 is 28.0. The molecule has 1 atom stereocenters. The molecule has 114 valence electrons. The van der Waals surface area contributed by atoms with Crippen LogP contribution in [0.3, 0.4) is 0 Å². The summed E-state index contributed by atoms with van der Waals surface area (Å²) in [4.78, 5) is 6.95. The van der Waals surface area contributed by atoms with E-state index in [0.29, 0.717) is 10.7 Å². The molecule has 0 amide bonds. The molecule has 0 N–H and O–H groups in total. The molecule has 0 radical (unpaired) electrons. The van der Waals surface area contributed by atoms with E-state index in [1.165, 1.54) is 4.31 Å². The number of rotatable bonds is 2. The number of fused-ring (bicyclic) bond motifs is 4. The molecule has 5 nitrogen and oxygen atoms in total. The maximum atomic E-state index is 13.2.